The summed E-state index contributed by atoms with van der Waals surface area (Å²) in [5.74, 6) is 8.02. The van der Waals surface area contributed by atoms with Crippen LogP contribution in [0.15, 0.2) is 108 Å². The number of furan rings is 1. The van der Waals surface area contributed by atoms with Crippen molar-refractivity contribution in [3.8, 4) is 28.7 Å². The molecule has 0 amide bonds. The van der Waals surface area contributed by atoms with Gasteiger partial charge < -0.3 is 9.15 Å². The van der Waals surface area contributed by atoms with Gasteiger partial charge in [-0.2, -0.15) is 0 Å². The first-order chi connectivity index (χ1) is 16.3. The molecule has 0 saturated heterocycles. The maximum absolute atomic E-state index is 6.21. The number of fused-ring (bicyclic) bond motifs is 1. The lowest BCUT2D eigenvalue weighted by Crippen LogP contribution is -1.82. The van der Waals surface area contributed by atoms with Crippen LogP contribution in [0.1, 0.15) is 22.5 Å². The Morgan fingerprint density at radius 3 is 2.09 bits per heavy atom. The lowest BCUT2D eigenvalue weighted by atomic mass is 10.00. The van der Waals surface area contributed by atoms with Crippen LogP contribution in [0.4, 0.5) is 0 Å². The highest BCUT2D eigenvalue weighted by molar-refractivity contribution is 5.98. The number of hydrogen-bond donors (Lipinski definition) is 0. The molecule has 2 heteroatoms. The van der Waals surface area contributed by atoms with Crippen LogP contribution in [0, 0.1) is 11.8 Å². The molecule has 0 bridgehead atoms. The Hall–Kier alpha value is -4.48. The van der Waals surface area contributed by atoms with Gasteiger partial charge in [0.25, 0.3) is 0 Å². The normalized spacial score (nSPS) is 10.8. The summed E-state index contributed by atoms with van der Waals surface area (Å²) < 4.78 is 11.4. The zero-order valence-electron chi connectivity index (χ0n) is 18.3. The van der Waals surface area contributed by atoms with E-state index in [2.05, 4.69) is 48.3 Å². The Labute approximate surface area is 193 Å². The molecule has 0 radical (unpaired) electrons. The fraction of sp³-hybridized carbons (Fsp3) is 0.0323. The van der Waals surface area contributed by atoms with Crippen LogP contribution in [0.25, 0.3) is 34.2 Å². The highest BCUT2D eigenvalue weighted by Crippen LogP contribution is 2.35. The van der Waals surface area contributed by atoms with E-state index >= 15 is 0 Å². The van der Waals surface area contributed by atoms with Crippen molar-refractivity contribution >= 4 is 23.1 Å². The molecule has 0 aliphatic rings. The van der Waals surface area contributed by atoms with Crippen LogP contribution >= 0.6 is 0 Å². The van der Waals surface area contributed by atoms with E-state index in [1.807, 2.05) is 78.9 Å². The molecular weight excluding hydrogens is 404 g/mol. The molecule has 1 heterocycles. The van der Waals surface area contributed by atoms with E-state index in [4.69, 9.17) is 9.15 Å². The summed E-state index contributed by atoms with van der Waals surface area (Å²) in [6, 6.07) is 34.5. The lowest BCUT2D eigenvalue weighted by molar-refractivity contribution is 0.415. The molecule has 0 aliphatic heterocycles. The summed E-state index contributed by atoms with van der Waals surface area (Å²) in [5.41, 5.74) is 6.10. The van der Waals surface area contributed by atoms with E-state index in [1.165, 1.54) is 0 Å². The predicted octanol–water partition coefficient (Wildman–Crippen LogP) is 7.68. The number of hydrogen-bond acceptors (Lipinski definition) is 2. The first kappa shape index (κ1) is 20.4. The zero-order chi connectivity index (χ0) is 22.5. The zero-order valence-corrected chi connectivity index (χ0v) is 18.3. The maximum Gasteiger partial charge on any atom is 0.186 e. The number of methoxy groups -OCH3 is 1. The molecule has 0 atom stereocenters. The molecule has 0 N–H and O–H groups in total. The van der Waals surface area contributed by atoms with Crippen LogP contribution in [0.3, 0.4) is 0 Å². The van der Waals surface area contributed by atoms with Crippen molar-refractivity contribution in [3.63, 3.8) is 0 Å². The standard InChI is InChI=1S/C31H22O2/c1-32-27-18-14-24(15-19-27)12-13-25-17-20-29-28(22-25)31(26-10-6-3-7-11-26)30(33-29)21-16-23-8-4-2-5-9-23/h2-15,17-20,22H,1H3/b13-12+. The molecule has 0 saturated carbocycles. The monoisotopic (exact) mass is 426 g/mol. The number of ether oxygens (including phenoxy) is 1. The van der Waals surface area contributed by atoms with Crippen LogP contribution < -0.4 is 4.74 Å². The van der Waals surface area contributed by atoms with E-state index < -0.39 is 0 Å². The summed E-state index contributed by atoms with van der Waals surface area (Å²) >= 11 is 0. The van der Waals surface area contributed by atoms with Crippen molar-refractivity contribution in [2.45, 2.75) is 0 Å². The van der Waals surface area contributed by atoms with Gasteiger partial charge in [0.1, 0.15) is 11.3 Å². The molecule has 0 fully saturated rings. The van der Waals surface area contributed by atoms with Crippen molar-refractivity contribution < 1.29 is 9.15 Å². The van der Waals surface area contributed by atoms with E-state index in [0.717, 1.165) is 44.5 Å². The molecule has 4 aromatic carbocycles. The molecule has 1 aromatic heterocycles. The summed E-state index contributed by atoms with van der Waals surface area (Å²) in [6.45, 7) is 0. The molecule has 33 heavy (non-hydrogen) atoms. The lowest BCUT2D eigenvalue weighted by Gasteiger charge is -2.01. The summed E-state index contributed by atoms with van der Waals surface area (Å²) in [4.78, 5) is 0. The van der Waals surface area contributed by atoms with Gasteiger partial charge in [0.15, 0.2) is 5.76 Å². The minimum Gasteiger partial charge on any atom is -0.497 e. The van der Waals surface area contributed by atoms with E-state index in [9.17, 15) is 0 Å². The molecule has 2 nitrogen and oxygen atoms in total. The van der Waals surface area contributed by atoms with E-state index in [1.54, 1.807) is 7.11 Å². The second-order valence-corrected chi connectivity index (χ2v) is 7.65. The third kappa shape index (κ3) is 4.59. The number of benzene rings is 4. The Bertz CT molecular complexity index is 1460. The van der Waals surface area contributed by atoms with Gasteiger partial charge in [0, 0.05) is 16.5 Å². The maximum atomic E-state index is 6.21. The smallest absolute Gasteiger partial charge is 0.186 e. The summed E-state index contributed by atoms with van der Waals surface area (Å²) in [7, 11) is 1.67. The summed E-state index contributed by atoms with van der Waals surface area (Å²) in [5, 5.41) is 1.05. The van der Waals surface area contributed by atoms with Crippen LogP contribution in [0.2, 0.25) is 0 Å². The third-order valence-corrected chi connectivity index (χ3v) is 5.45. The van der Waals surface area contributed by atoms with Crippen LogP contribution in [-0.2, 0) is 0 Å². The van der Waals surface area contributed by atoms with Crippen molar-refractivity contribution in [2.75, 3.05) is 7.11 Å². The van der Waals surface area contributed by atoms with E-state index in [0.29, 0.717) is 5.76 Å². The fourth-order valence-electron chi connectivity index (χ4n) is 3.76. The van der Waals surface area contributed by atoms with Crippen LogP contribution in [-0.4, -0.2) is 7.11 Å². The third-order valence-electron chi connectivity index (χ3n) is 5.45. The van der Waals surface area contributed by atoms with Crippen LogP contribution in [0.5, 0.6) is 5.75 Å². The molecule has 0 spiro atoms. The quantitative estimate of drug-likeness (QED) is 0.217. The Morgan fingerprint density at radius 1 is 0.697 bits per heavy atom. The first-order valence-corrected chi connectivity index (χ1v) is 10.8. The van der Waals surface area contributed by atoms with Crippen molar-refractivity contribution in [1.29, 1.82) is 0 Å². The SMILES string of the molecule is COc1ccc(/C=C/c2ccc3oc(C#Cc4ccccc4)c(-c4ccccc4)c3c2)cc1. The van der Waals surface area contributed by atoms with Gasteiger partial charge in [-0.25, -0.2) is 0 Å². The number of rotatable bonds is 4. The van der Waals surface area contributed by atoms with Gasteiger partial charge in [-0.05, 0) is 59.0 Å². The summed E-state index contributed by atoms with van der Waals surface area (Å²) in [6.07, 6.45) is 4.21. The highest BCUT2D eigenvalue weighted by atomic mass is 16.5. The second kappa shape index (κ2) is 9.34. The van der Waals surface area contributed by atoms with Crippen molar-refractivity contribution in [1.82, 2.24) is 0 Å². The van der Waals surface area contributed by atoms with Gasteiger partial charge in [-0.15, -0.1) is 0 Å². The molecule has 0 aliphatic carbocycles. The van der Waals surface area contributed by atoms with Gasteiger partial charge in [0.2, 0.25) is 0 Å². The Kier molecular flexibility index (Phi) is 5.78. The molecular formula is C31H22O2. The second-order valence-electron chi connectivity index (χ2n) is 7.65. The molecule has 5 aromatic rings. The van der Waals surface area contributed by atoms with Gasteiger partial charge in [-0.3, -0.25) is 0 Å². The molecule has 5 rings (SSSR count). The minimum atomic E-state index is 0.677. The largest absolute Gasteiger partial charge is 0.497 e. The van der Waals surface area contributed by atoms with Gasteiger partial charge >= 0.3 is 0 Å². The predicted molar refractivity (Wildman–Crippen MR) is 136 cm³/mol. The average Bonchev–Trinajstić information content (AvgIpc) is 3.25. The highest BCUT2D eigenvalue weighted by Gasteiger charge is 2.15. The topological polar surface area (TPSA) is 22.4 Å². The van der Waals surface area contributed by atoms with Gasteiger partial charge in [-0.1, -0.05) is 84.8 Å². The van der Waals surface area contributed by atoms with E-state index in [-0.39, 0.29) is 0 Å². The minimum absolute atomic E-state index is 0.677. The Morgan fingerprint density at radius 2 is 1.36 bits per heavy atom. The fourth-order valence-corrected chi connectivity index (χ4v) is 3.76. The van der Waals surface area contributed by atoms with Crippen molar-refractivity contribution in [2.24, 2.45) is 0 Å². The van der Waals surface area contributed by atoms with Crippen molar-refractivity contribution in [3.05, 3.63) is 126 Å². The molecule has 0 unspecified atom stereocenters. The average molecular weight is 427 g/mol. The first-order valence-electron chi connectivity index (χ1n) is 10.8. The Balaban J connectivity index is 1.57. The molecule has 158 valence electrons. The van der Waals surface area contributed by atoms with Gasteiger partial charge in [0.05, 0.1) is 7.11 Å².